The van der Waals surface area contributed by atoms with Crippen molar-refractivity contribution in [3.63, 3.8) is 0 Å². The Bertz CT molecular complexity index is 301. The van der Waals surface area contributed by atoms with Gasteiger partial charge in [-0.15, -0.1) is 0 Å². The molecule has 0 bridgehead atoms. The van der Waals surface area contributed by atoms with Crippen LogP contribution in [-0.4, -0.2) is 28.2 Å². The van der Waals surface area contributed by atoms with Gasteiger partial charge in [-0.25, -0.2) is 4.98 Å². The highest BCUT2D eigenvalue weighted by molar-refractivity contribution is 5.37. The summed E-state index contributed by atoms with van der Waals surface area (Å²) in [6.07, 6.45) is 1.59. The van der Waals surface area contributed by atoms with E-state index in [0.29, 0.717) is 12.4 Å². The fourth-order valence-electron chi connectivity index (χ4n) is 0.858. The molecule has 78 valence electrons. The second kappa shape index (κ2) is 4.23. The molecule has 1 heterocycles. The van der Waals surface area contributed by atoms with Crippen LogP contribution in [0.15, 0.2) is 12.3 Å². The Morgan fingerprint density at radius 1 is 1.57 bits per heavy atom. The number of hydrogen-bond donors (Lipinski definition) is 3. The fraction of sp³-hybridized carbons (Fsp3) is 0.556. The van der Waals surface area contributed by atoms with Gasteiger partial charge in [0.25, 0.3) is 0 Å². The van der Waals surface area contributed by atoms with Crippen LogP contribution in [-0.2, 0) is 0 Å². The van der Waals surface area contributed by atoms with Gasteiger partial charge in [0.05, 0.1) is 0 Å². The molecule has 4 N–H and O–H groups in total. The third kappa shape index (κ3) is 3.18. The van der Waals surface area contributed by atoms with Crippen molar-refractivity contribution < 1.29 is 5.11 Å². The van der Waals surface area contributed by atoms with Gasteiger partial charge in [-0.05, 0) is 6.07 Å². The minimum atomic E-state index is -0.167. The van der Waals surface area contributed by atoms with E-state index in [9.17, 15) is 0 Å². The second-order valence-electron chi connectivity index (χ2n) is 3.98. The Kier molecular flexibility index (Phi) is 3.24. The normalized spacial score (nSPS) is 11.4. The molecule has 0 radical (unpaired) electrons. The minimum Gasteiger partial charge on any atom is -0.396 e. The van der Waals surface area contributed by atoms with E-state index in [-0.39, 0.29) is 18.0 Å². The Morgan fingerprint density at radius 2 is 2.29 bits per heavy atom. The summed E-state index contributed by atoms with van der Waals surface area (Å²) in [6.45, 7) is 4.69. The lowest BCUT2D eigenvalue weighted by molar-refractivity contribution is 0.170. The van der Waals surface area contributed by atoms with Crippen molar-refractivity contribution in [1.29, 1.82) is 0 Å². The predicted molar refractivity (Wildman–Crippen MR) is 55.8 cm³/mol. The van der Waals surface area contributed by atoms with Crippen molar-refractivity contribution in [2.45, 2.75) is 13.8 Å². The average Bonchev–Trinajstić information content (AvgIpc) is 2.15. The van der Waals surface area contributed by atoms with Crippen molar-refractivity contribution in [1.82, 2.24) is 9.97 Å². The number of anilines is 2. The quantitative estimate of drug-likeness (QED) is 0.652. The van der Waals surface area contributed by atoms with E-state index in [1.807, 2.05) is 13.8 Å². The fourth-order valence-corrected chi connectivity index (χ4v) is 0.858. The molecular weight excluding hydrogens is 180 g/mol. The van der Waals surface area contributed by atoms with Gasteiger partial charge in [-0.1, -0.05) is 13.8 Å². The first kappa shape index (κ1) is 10.7. The van der Waals surface area contributed by atoms with Crippen molar-refractivity contribution in [3.05, 3.63) is 12.3 Å². The maximum atomic E-state index is 9.03. The lowest BCUT2D eigenvalue weighted by Gasteiger charge is -2.22. The first-order chi connectivity index (χ1) is 6.53. The van der Waals surface area contributed by atoms with Crippen LogP contribution in [0.25, 0.3) is 0 Å². The number of aromatic nitrogens is 2. The Balaban J connectivity index is 2.54. The summed E-state index contributed by atoms with van der Waals surface area (Å²) in [5, 5.41) is 12.1. The third-order valence-corrected chi connectivity index (χ3v) is 1.85. The molecular formula is C9H16N4O. The van der Waals surface area contributed by atoms with E-state index in [1.165, 1.54) is 0 Å². The van der Waals surface area contributed by atoms with Crippen molar-refractivity contribution >= 4 is 11.8 Å². The number of nitrogens with zero attached hydrogens (tertiary/aromatic N) is 2. The van der Waals surface area contributed by atoms with Crippen LogP contribution in [0, 0.1) is 5.41 Å². The van der Waals surface area contributed by atoms with Crippen LogP contribution in [0.3, 0.4) is 0 Å². The molecule has 0 aliphatic carbocycles. The van der Waals surface area contributed by atoms with Crippen LogP contribution >= 0.6 is 0 Å². The number of nitrogen functional groups attached to an aromatic ring is 1. The van der Waals surface area contributed by atoms with Crippen LogP contribution in [0.4, 0.5) is 11.8 Å². The van der Waals surface area contributed by atoms with Gasteiger partial charge in [0.15, 0.2) is 0 Å². The van der Waals surface area contributed by atoms with Gasteiger partial charge in [-0.2, -0.15) is 4.98 Å². The molecule has 5 nitrogen and oxygen atoms in total. The summed E-state index contributed by atoms with van der Waals surface area (Å²) in [4.78, 5) is 7.77. The molecule has 1 aromatic rings. The van der Waals surface area contributed by atoms with Gasteiger partial charge in [-0.3, -0.25) is 0 Å². The Hall–Kier alpha value is -1.36. The molecule has 1 aromatic heterocycles. The number of rotatable bonds is 4. The van der Waals surface area contributed by atoms with Crippen LogP contribution in [0.1, 0.15) is 13.8 Å². The summed E-state index contributed by atoms with van der Waals surface area (Å²) < 4.78 is 0. The standard InChI is InChI=1S/C9H16N4O/c1-9(2,6-14)5-12-7-3-4-11-8(10)13-7/h3-4,14H,5-6H2,1-2H3,(H3,10,11,12,13). The van der Waals surface area contributed by atoms with Gasteiger partial charge in [0, 0.05) is 24.8 Å². The zero-order valence-electron chi connectivity index (χ0n) is 8.49. The maximum Gasteiger partial charge on any atom is 0.221 e. The van der Waals surface area contributed by atoms with E-state index in [0.717, 1.165) is 0 Å². The smallest absolute Gasteiger partial charge is 0.221 e. The summed E-state index contributed by atoms with van der Waals surface area (Å²) in [5.41, 5.74) is 5.25. The minimum absolute atomic E-state index is 0.126. The number of hydrogen-bond acceptors (Lipinski definition) is 5. The number of nitrogens with two attached hydrogens (primary N) is 1. The third-order valence-electron chi connectivity index (χ3n) is 1.85. The monoisotopic (exact) mass is 196 g/mol. The molecule has 1 rings (SSSR count). The van der Waals surface area contributed by atoms with Crippen molar-refractivity contribution in [2.24, 2.45) is 5.41 Å². The predicted octanol–water partition coefficient (Wildman–Crippen LogP) is 0.489. The molecule has 0 aliphatic heterocycles. The summed E-state index contributed by atoms with van der Waals surface area (Å²) in [5.74, 6) is 0.927. The molecule has 0 fully saturated rings. The molecule has 0 unspecified atom stereocenters. The highest BCUT2D eigenvalue weighted by atomic mass is 16.3. The SMILES string of the molecule is CC(C)(CO)CNc1ccnc(N)n1. The van der Waals surface area contributed by atoms with Crippen molar-refractivity contribution in [3.8, 4) is 0 Å². The largest absolute Gasteiger partial charge is 0.396 e. The van der Waals surface area contributed by atoms with Gasteiger partial charge >= 0.3 is 0 Å². The van der Waals surface area contributed by atoms with E-state index >= 15 is 0 Å². The summed E-state index contributed by atoms with van der Waals surface area (Å²) in [7, 11) is 0. The molecule has 0 atom stereocenters. The van der Waals surface area contributed by atoms with E-state index in [4.69, 9.17) is 10.8 Å². The molecule has 0 amide bonds. The highest BCUT2D eigenvalue weighted by Gasteiger charge is 2.15. The number of nitrogens with one attached hydrogen (secondary N) is 1. The van der Waals surface area contributed by atoms with Gasteiger partial charge < -0.3 is 16.2 Å². The molecule has 14 heavy (non-hydrogen) atoms. The van der Waals surface area contributed by atoms with E-state index in [2.05, 4.69) is 15.3 Å². The number of aliphatic hydroxyl groups is 1. The van der Waals surface area contributed by atoms with Gasteiger partial charge in [0.1, 0.15) is 5.82 Å². The molecule has 5 heteroatoms. The summed E-state index contributed by atoms with van der Waals surface area (Å²) in [6, 6.07) is 1.74. The first-order valence-electron chi connectivity index (χ1n) is 4.47. The average molecular weight is 196 g/mol. The topological polar surface area (TPSA) is 84.1 Å². The van der Waals surface area contributed by atoms with Crippen LogP contribution < -0.4 is 11.1 Å². The second-order valence-corrected chi connectivity index (χ2v) is 3.98. The molecule has 0 aliphatic rings. The zero-order valence-corrected chi connectivity index (χ0v) is 8.49. The number of aliphatic hydroxyl groups excluding tert-OH is 1. The maximum absolute atomic E-state index is 9.03. The lowest BCUT2D eigenvalue weighted by Crippen LogP contribution is -2.27. The summed E-state index contributed by atoms with van der Waals surface area (Å²) >= 11 is 0. The highest BCUT2D eigenvalue weighted by Crippen LogP contribution is 2.14. The Labute approximate surface area is 83.4 Å². The van der Waals surface area contributed by atoms with Crippen LogP contribution in [0.5, 0.6) is 0 Å². The Morgan fingerprint density at radius 3 is 2.86 bits per heavy atom. The lowest BCUT2D eigenvalue weighted by atomic mass is 9.95. The first-order valence-corrected chi connectivity index (χ1v) is 4.47. The van der Waals surface area contributed by atoms with Crippen molar-refractivity contribution in [2.75, 3.05) is 24.2 Å². The molecule has 0 saturated carbocycles. The molecule has 0 saturated heterocycles. The molecule has 0 aromatic carbocycles. The zero-order chi connectivity index (χ0) is 10.6. The van der Waals surface area contributed by atoms with Gasteiger partial charge in [0.2, 0.25) is 5.95 Å². The van der Waals surface area contributed by atoms with E-state index < -0.39 is 0 Å². The van der Waals surface area contributed by atoms with Crippen LogP contribution in [0.2, 0.25) is 0 Å². The molecule has 0 spiro atoms. The van der Waals surface area contributed by atoms with E-state index in [1.54, 1.807) is 12.3 Å².